The molecule has 3 heteroatoms. The third-order valence-corrected chi connectivity index (χ3v) is 4.66. The molecule has 1 heterocycles. The van der Waals surface area contributed by atoms with E-state index in [0.717, 1.165) is 26.1 Å². The molecular weight excluding hydrogens is 248 g/mol. The van der Waals surface area contributed by atoms with Gasteiger partial charge >= 0.3 is 0 Å². The first kappa shape index (κ1) is 17.6. The number of piperazine rings is 1. The first-order chi connectivity index (χ1) is 9.03. The van der Waals surface area contributed by atoms with E-state index < -0.39 is 0 Å². The smallest absolute Gasteiger partial charge is 0.135 e. The maximum Gasteiger partial charge on any atom is 0.135 e. The van der Waals surface area contributed by atoms with Crippen LogP contribution in [0.25, 0.3) is 0 Å². The van der Waals surface area contributed by atoms with E-state index in [9.17, 15) is 4.79 Å². The van der Waals surface area contributed by atoms with Gasteiger partial charge in [-0.2, -0.15) is 0 Å². The van der Waals surface area contributed by atoms with Crippen molar-refractivity contribution in [2.24, 2.45) is 10.8 Å². The molecule has 0 aromatic heterocycles. The third-order valence-electron chi connectivity index (χ3n) is 4.66. The van der Waals surface area contributed by atoms with Gasteiger partial charge in [0.05, 0.1) is 0 Å². The normalized spacial score (nSPS) is 19.6. The van der Waals surface area contributed by atoms with Crippen molar-refractivity contribution in [1.29, 1.82) is 0 Å². The van der Waals surface area contributed by atoms with E-state index in [-0.39, 0.29) is 10.8 Å². The molecule has 1 fully saturated rings. The van der Waals surface area contributed by atoms with Crippen molar-refractivity contribution in [2.45, 2.75) is 60.9 Å². The molecule has 1 rings (SSSR count). The van der Waals surface area contributed by atoms with Crippen molar-refractivity contribution >= 4 is 5.78 Å². The molecule has 0 saturated carbocycles. The van der Waals surface area contributed by atoms with Crippen molar-refractivity contribution in [3.63, 3.8) is 0 Å². The molecule has 0 amide bonds. The van der Waals surface area contributed by atoms with E-state index in [4.69, 9.17) is 0 Å². The molecule has 0 bridgehead atoms. The molecule has 0 aromatic rings. The highest BCUT2D eigenvalue weighted by Crippen LogP contribution is 2.35. The second-order valence-corrected chi connectivity index (χ2v) is 8.19. The summed E-state index contributed by atoms with van der Waals surface area (Å²) >= 11 is 0. The van der Waals surface area contributed by atoms with Gasteiger partial charge in [0.25, 0.3) is 0 Å². The average Bonchev–Trinajstić information content (AvgIpc) is 2.27. The fourth-order valence-corrected chi connectivity index (χ4v) is 3.42. The lowest BCUT2D eigenvalue weighted by molar-refractivity contribution is -0.126. The van der Waals surface area contributed by atoms with Crippen molar-refractivity contribution < 1.29 is 4.79 Å². The first-order valence-corrected chi connectivity index (χ1v) is 8.01. The molecular formula is C17H34N2O. The first-order valence-electron chi connectivity index (χ1n) is 8.01. The minimum absolute atomic E-state index is 0.190. The Hall–Kier alpha value is -0.410. The number of hydrogen-bond acceptors (Lipinski definition) is 3. The molecule has 1 aliphatic heterocycles. The summed E-state index contributed by atoms with van der Waals surface area (Å²) in [5.74, 6) is 0.301. The summed E-state index contributed by atoms with van der Waals surface area (Å²) in [6.07, 6.45) is 0.958. The minimum atomic E-state index is -0.205. The zero-order valence-corrected chi connectivity index (χ0v) is 14.6. The molecule has 0 radical (unpaired) electrons. The van der Waals surface area contributed by atoms with Gasteiger partial charge in [-0.25, -0.2) is 0 Å². The standard InChI is InChI=1S/C17H34N2O/c1-14(2)19-10-8-18(9-11-19)13-16(4,5)12-17(6,7)15(3)20/h14H,8-13H2,1-7H3. The van der Waals surface area contributed by atoms with Crippen LogP contribution in [0, 0.1) is 10.8 Å². The largest absolute Gasteiger partial charge is 0.300 e. The summed E-state index contributed by atoms with van der Waals surface area (Å²) in [7, 11) is 0. The van der Waals surface area contributed by atoms with Crippen LogP contribution in [0.15, 0.2) is 0 Å². The predicted octanol–water partition coefficient (Wildman–Crippen LogP) is 3.04. The van der Waals surface area contributed by atoms with Crippen molar-refractivity contribution in [3.8, 4) is 0 Å². The molecule has 118 valence electrons. The molecule has 0 unspecified atom stereocenters. The Morgan fingerprint density at radius 3 is 1.95 bits per heavy atom. The lowest BCUT2D eigenvalue weighted by Crippen LogP contribution is -2.51. The van der Waals surface area contributed by atoms with Gasteiger partial charge in [0.2, 0.25) is 0 Å². The Kier molecular flexibility index (Phi) is 5.79. The molecule has 1 saturated heterocycles. The van der Waals surface area contributed by atoms with Gasteiger partial charge in [-0.1, -0.05) is 27.7 Å². The van der Waals surface area contributed by atoms with Crippen LogP contribution in [0.5, 0.6) is 0 Å². The average molecular weight is 282 g/mol. The van der Waals surface area contributed by atoms with E-state index in [1.165, 1.54) is 13.1 Å². The molecule has 0 spiro atoms. The van der Waals surface area contributed by atoms with E-state index in [1.807, 2.05) is 0 Å². The summed E-state index contributed by atoms with van der Waals surface area (Å²) in [6, 6.07) is 0.654. The van der Waals surface area contributed by atoms with Gasteiger partial charge in [-0.3, -0.25) is 9.69 Å². The zero-order valence-electron chi connectivity index (χ0n) is 14.6. The van der Waals surface area contributed by atoms with Crippen LogP contribution in [0.2, 0.25) is 0 Å². The van der Waals surface area contributed by atoms with Crippen LogP contribution < -0.4 is 0 Å². The van der Waals surface area contributed by atoms with Crippen LogP contribution in [0.1, 0.15) is 54.9 Å². The highest BCUT2D eigenvalue weighted by molar-refractivity contribution is 5.81. The van der Waals surface area contributed by atoms with Gasteiger partial charge in [-0.05, 0) is 32.6 Å². The molecule has 3 nitrogen and oxygen atoms in total. The van der Waals surface area contributed by atoms with Gasteiger partial charge in [0.15, 0.2) is 0 Å². The van der Waals surface area contributed by atoms with Gasteiger partial charge in [0, 0.05) is 44.2 Å². The Balaban J connectivity index is 2.50. The summed E-state index contributed by atoms with van der Waals surface area (Å²) in [6.45, 7) is 20.8. The molecule has 20 heavy (non-hydrogen) atoms. The lowest BCUT2D eigenvalue weighted by atomic mass is 9.73. The second-order valence-electron chi connectivity index (χ2n) is 8.19. The van der Waals surface area contributed by atoms with E-state index in [0.29, 0.717) is 11.8 Å². The zero-order chi connectivity index (χ0) is 15.6. The number of hydrogen-bond donors (Lipinski definition) is 0. The fourth-order valence-electron chi connectivity index (χ4n) is 3.42. The van der Waals surface area contributed by atoms with Crippen molar-refractivity contribution in [2.75, 3.05) is 32.7 Å². The Labute approximate surface area is 125 Å². The molecule has 0 aliphatic carbocycles. The number of Topliss-reactive ketones (excluding diaryl/α,β-unsaturated/α-hetero) is 1. The summed E-state index contributed by atoms with van der Waals surface area (Å²) in [4.78, 5) is 16.8. The predicted molar refractivity (Wildman–Crippen MR) is 86.0 cm³/mol. The van der Waals surface area contributed by atoms with Crippen molar-refractivity contribution in [3.05, 3.63) is 0 Å². The van der Waals surface area contributed by atoms with Gasteiger partial charge in [-0.15, -0.1) is 0 Å². The SMILES string of the molecule is CC(=O)C(C)(C)CC(C)(C)CN1CCN(C(C)C)CC1. The quantitative estimate of drug-likeness (QED) is 0.748. The molecule has 0 aromatic carbocycles. The van der Waals surface area contributed by atoms with Crippen molar-refractivity contribution in [1.82, 2.24) is 9.80 Å². The molecule has 0 N–H and O–H groups in total. The second kappa shape index (κ2) is 6.57. The number of rotatable bonds is 6. The Bertz CT molecular complexity index is 326. The van der Waals surface area contributed by atoms with Crippen LogP contribution in [-0.4, -0.2) is 54.3 Å². The van der Waals surface area contributed by atoms with Crippen LogP contribution in [0.3, 0.4) is 0 Å². The summed E-state index contributed by atoms with van der Waals surface area (Å²) < 4.78 is 0. The third kappa shape index (κ3) is 5.17. The Morgan fingerprint density at radius 1 is 1.05 bits per heavy atom. The van der Waals surface area contributed by atoms with E-state index in [1.54, 1.807) is 6.92 Å². The number of ketones is 1. The highest BCUT2D eigenvalue weighted by Gasteiger charge is 2.34. The lowest BCUT2D eigenvalue weighted by Gasteiger charge is -2.42. The van der Waals surface area contributed by atoms with Crippen LogP contribution in [-0.2, 0) is 4.79 Å². The Morgan fingerprint density at radius 2 is 1.55 bits per heavy atom. The number of carbonyl (C=O) groups is 1. The monoisotopic (exact) mass is 282 g/mol. The molecule has 1 aliphatic rings. The highest BCUT2D eigenvalue weighted by atomic mass is 16.1. The fraction of sp³-hybridized carbons (Fsp3) is 0.941. The van der Waals surface area contributed by atoms with Crippen LogP contribution >= 0.6 is 0 Å². The molecule has 0 atom stereocenters. The summed E-state index contributed by atoms with van der Waals surface area (Å²) in [5, 5.41) is 0. The minimum Gasteiger partial charge on any atom is -0.300 e. The van der Waals surface area contributed by atoms with E-state index in [2.05, 4.69) is 51.3 Å². The number of carbonyl (C=O) groups excluding carboxylic acids is 1. The van der Waals surface area contributed by atoms with Gasteiger partial charge in [0.1, 0.15) is 5.78 Å². The van der Waals surface area contributed by atoms with Crippen LogP contribution in [0.4, 0.5) is 0 Å². The number of nitrogens with zero attached hydrogens (tertiary/aromatic N) is 2. The van der Waals surface area contributed by atoms with E-state index >= 15 is 0 Å². The topological polar surface area (TPSA) is 23.6 Å². The maximum atomic E-state index is 11.7. The van der Waals surface area contributed by atoms with Gasteiger partial charge < -0.3 is 4.90 Å². The maximum absolute atomic E-state index is 11.7. The summed E-state index contributed by atoms with van der Waals surface area (Å²) in [5.41, 5.74) is -0.0155.